The molecule has 0 aromatic heterocycles. The van der Waals surface area contributed by atoms with E-state index in [4.69, 9.17) is 0 Å². The lowest BCUT2D eigenvalue weighted by molar-refractivity contribution is -0.120. The summed E-state index contributed by atoms with van der Waals surface area (Å²) in [7, 11) is 0. The van der Waals surface area contributed by atoms with Crippen LogP contribution in [0.4, 0.5) is 0 Å². The minimum absolute atomic E-state index is 0.440. The Kier molecular flexibility index (Phi) is 4.39. The molecule has 0 aromatic carbocycles. The molecule has 0 radical (unpaired) electrons. The van der Waals surface area contributed by atoms with Gasteiger partial charge >= 0.3 is 0 Å². The molecule has 0 spiro atoms. The van der Waals surface area contributed by atoms with E-state index < -0.39 is 0 Å². The van der Waals surface area contributed by atoms with Crippen LogP contribution in [0.2, 0.25) is 0 Å². The molecule has 1 aliphatic heterocycles. The molecule has 0 saturated carbocycles. The van der Waals surface area contributed by atoms with E-state index >= 15 is 0 Å². The second-order valence-electron chi connectivity index (χ2n) is 4.28. The first-order valence-electron chi connectivity index (χ1n) is 5.66. The first-order valence-corrected chi connectivity index (χ1v) is 5.66. The minimum atomic E-state index is 0.440. The van der Waals surface area contributed by atoms with Gasteiger partial charge in [0.15, 0.2) is 0 Å². The van der Waals surface area contributed by atoms with Gasteiger partial charge in [0.2, 0.25) is 6.41 Å². The van der Waals surface area contributed by atoms with Crippen molar-refractivity contribution >= 4 is 6.41 Å². The average molecular weight is 198 g/mol. The summed E-state index contributed by atoms with van der Waals surface area (Å²) in [5.41, 5.74) is 0.440. The highest BCUT2D eigenvalue weighted by molar-refractivity contribution is 5.47. The summed E-state index contributed by atoms with van der Waals surface area (Å²) in [6, 6.07) is 0. The van der Waals surface area contributed by atoms with E-state index in [9.17, 15) is 4.79 Å². The van der Waals surface area contributed by atoms with Gasteiger partial charge in [-0.05, 0) is 31.2 Å². The first-order chi connectivity index (χ1) is 6.76. The number of nitrogens with zero attached hydrogens (tertiary/aromatic N) is 1. The largest absolute Gasteiger partial charge is 0.345 e. The molecule has 1 heterocycles. The van der Waals surface area contributed by atoms with Crippen molar-refractivity contribution < 1.29 is 4.79 Å². The van der Waals surface area contributed by atoms with Crippen LogP contribution in [-0.2, 0) is 4.79 Å². The van der Waals surface area contributed by atoms with Crippen molar-refractivity contribution in [3.8, 4) is 0 Å². The summed E-state index contributed by atoms with van der Waals surface area (Å²) in [6.07, 6.45) is 4.49. The molecule has 1 amide bonds. The molecule has 1 saturated heterocycles. The van der Waals surface area contributed by atoms with E-state index in [0.29, 0.717) is 5.41 Å². The van der Waals surface area contributed by atoms with Gasteiger partial charge < -0.3 is 10.2 Å². The lowest BCUT2D eigenvalue weighted by atomic mass is 9.76. The summed E-state index contributed by atoms with van der Waals surface area (Å²) in [5, 5.41) is 3.44. The van der Waals surface area contributed by atoms with Gasteiger partial charge in [-0.25, -0.2) is 0 Å². The zero-order valence-electron chi connectivity index (χ0n) is 9.38. The third-order valence-electron chi connectivity index (χ3n) is 3.51. The van der Waals surface area contributed by atoms with E-state index in [-0.39, 0.29) is 0 Å². The van der Waals surface area contributed by atoms with E-state index in [1.54, 1.807) is 0 Å². The smallest absolute Gasteiger partial charge is 0.209 e. The van der Waals surface area contributed by atoms with Crippen LogP contribution in [0.1, 0.15) is 33.1 Å². The number of amides is 1. The molecule has 0 aromatic rings. The Morgan fingerprint density at radius 3 is 2.43 bits per heavy atom. The molecule has 1 fully saturated rings. The number of carbonyl (C=O) groups is 1. The van der Waals surface area contributed by atoms with Crippen molar-refractivity contribution in [1.29, 1.82) is 0 Å². The number of carbonyl (C=O) groups excluding carboxylic acids is 1. The third kappa shape index (κ3) is 2.71. The van der Waals surface area contributed by atoms with Gasteiger partial charge in [-0.2, -0.15) is 0 Å². The van der Waals surface area contributed by atoms with Crippen LogP contribution in [0.15, 0.2) is 0 Å². The number of nitrogens with one attached hydrogen (secondary N) is 1. The van der Waals surface area contributed by atoms with Gasteiger partial charge in [0.1, 0.15) is 0 Å². The van der Waals surface area contributed by atoms with Gasteiger partial charge in [0, 0.05) is 19.6 Å². The van der Waals surface area contributed by atoms with Gasteiger partial charge in [-0.3, -0.25) is 4.79 Å². The molecule has 1 N–H and O–H groups in total. The lowest BCUT2D eigenvalue weighted by Crippen LogP contribution is -2.44. The summed E-state index contributed by atoms with van der Waals surface area (Å²) in [4.78, 5) is 12.5. The van der Waals surface area contributed by atoms with Crippen LogP contribution < -0.4 is 5.32 Å². The average Bonchev–Trinajstić information content (AvgIpc) is 2.27. The summed E-state index contributed by atoms with van der Waals surface area (Å²) >= 11 is 0. The number of hydrogen-bond donors (Lipinski definition) is 1. The van der Waals surface area contributed by atoms with Crippen molar-refractivity contribution in [2.75, 3.05) is 26.2 Å². The highest BCUT2D eigenvalue weighted by Crippen LogP contribution is 2.33. The van der Waals surface area contributed by atoms with Crippen molar-refractivity contribution in [3.05, 3.63) is 0 Å². The van der Waals surface area contributed by atoms with Crippen LogP contribution in [-0.4, -0.2) is 37.5 Å². The van der Waals surface area contributed by atoms with E-state index in [1.165, 1.54) is 6.42 Å². The fraction of sp³-hybridized carbons (Fsp3) is 0.909. The molecule has 0 unspecified atom stereocenters. The second-order valence-corrected chi connectivity index (χ2v) is 4.28. The van der Waals surface area contributed by atoms with E-state index in [0.717, 1.165) is 45.4 Å². The molecule has 0 bridgehead atoms. The second kappa shape index (κ2) is 5.35. The maximum absolute atomic E-state index is 10.6. The van der Waals surface area contributed by atoms with Crippen LogP contribution in [0.3, 0.4) is 0 Å². The van der Waals surface area contributed by atoms with Gasteiger partial charge in [0.25, 0.3) is 0 Å². The van der Waals surface area contributed by atoms with Crippen LogP contribution in [0.25, 0.3) is 0 Å². The molecular weight excluding hydrogens is 176 g/mol. The highest BCUT2D eigenvalue weighted by Gasteiger charge is 2.31. The van der Waals surface area contributed by atoms with Gasteiger partial charge in [0.05, 0.1) is 0 Å². The standard InChI is InChI=1S/C11H22N2O/c1-3-11(9-12-4-2)5-7-13(10-14)8-6-11/h10,12H,3-9H2,1-2H3. The maximum Gasteiger partial charge on any atom is 0.209 e. The quantitative estimate of drug-likeness (QED) is 0.674. The Hall–Kier alpha value is -0.570. The minimum Gasteiger partial charge on any atom is -0.345 e. The molecule has 1 aliphatic rings. The van der Waals surface area contributed by atoms with Gasteiger partial charge in [-0.15, -0.1) is 0 Å². The molecule has 14 heavy (non-hydrogen) atoms. The number of rotatable bonds is 5. The van der Waals surface area contributed by atoms with Crippen LogP contribution >= 0.6 is 0 Å². The van der Waals surface area contributed by atoms with Crippen molar-refractivity contribution in [2.45, 2.75) is 33.1 Å². The Bertz CT molecular complexity index is 174. The van der Waals surface area contributed by atoms with Crippen molar-refractivity contribution in [2.24, 2.45) is 5.41 Å². The summed E-state index contributed by atoms with van der Waals surface area (Å²) in [5.74, 6) is 0. The number of piperidine rings is 1. The fourth-order valence-corrected chi connectivity index (χ4v) is 2.15. The SMILES string of the molecule is CCNCC1(CC)CCN(C=O)CC1. The zero-order valence-corrected chi connectivity index (χ0v) is 9.38. The number of likely N-dealkylation sites (tertiary alicyclic amines) is 1. The third-order valence-corrected chi connectivity index (χ3v) is 3.51. The molecule has 82 valence electrons. The van der Waals surface area contributed by atoms with Crippen LogP contribution in [0, 0.1) is 5.41 Å². The lowest BCUT2D eigenvalue weighted by Gasteiger charge is -2.40. The fourth-order valence-electron chi connectivity index (χ4n) is 2.15. The van der Waals surface area contributed by atoms with Gasteiger partial charge in [-0.1, -0.05) is 13.8 Å². The highest BCUT2D eigenvalue weighted by atomic mass is 16.1. The van der Waals surface area contributed by atoms with Crippen molar-refractivity contribution in [1.82, 2.24) is 10.2 Å². The predicted octanol–water partition coefficient (Wildman–Crippen LogP) is 1.24. The molecular formula is C11H22N2O. The Balaban J connectivity index is 2.43. The molecule has 3 nitrogen and oxygen atoms in total. The zero-order chi connectivity index (χ0) is 10.4. The summed E-state index contributed by atoms with van der Waals surface area (Å²) < 4.78 is 0. The molecule has 3 heteroatoms. The van der Waals surface area contributed by atoms with Crippen LogP contribution in [0.5, 0.6) is 0 Å². The van der Waals surface area contributed by atoms with E-state index in [1.807, 2.05) is 4.90 Å². The topological polar surface area (TPSA) is 32.3 Å². The first kappa shape index (κ1) is 11.5. The Morgan fingerprint density at radius 1 is 1.36 bits per heavy atom. The van der Waals surface area contributed by atoms with E-state index in [2.05, 4.69) is 19.2 Å². The molecule has 1 rings (SSSR count). The normalized spacial score (nSPS) is 20.9. The molecule has 0 aliphatic carbocycles. The molecule has 0 atom stereocenters. The maximum atomic E-state index is 10.6. The summed E-state index contributed by atoms with van der Waals surface area (Å²) in [6.45, 7) is 8.41. The predicted molar refractivity (Wildman–Crippen MR) is 58.1 cm³/mol. The monoisotopic (exact) mass is 198 g/mol. The number of hydrogen-bond acceptors (Lipinski definition) is 2. The Morgan fingerprint density at radius 2 is 2.00 bits per heavy atom. The van der Waals surface area contributed by atoms with Crippen molar-refractivity contribution in [3.63, 3.8) is 0 Å². The Labute approximate surface area is 86.9 Å².